The number of hydrogen-bond donors (Lipinski definition) is 4. The summed E-state index contributed by atoms with van der Waals surface area (Å²) in [5, 5.41) is 41.5. The van der Waals surface area contributed by atoms with Gasteiger partial charge in [0.2, 0.25) is 0 Å². The van der Waals surface area contributed by atoms with Crippen LogP contribution in [-0.2, 0) is 35.7 Å². The lowest BCUT2D eigenvalue weighted by molar-refractivity contribution is 0.0338. The first-order valence-electron chi connectivity index (χ1n) is 11.6. The van der Waals surface area contributed by atoms with Crippen LogP contribution < -0.4 is 5.32 Å². The average Bonchev–Trinajstić information content (AvgIpc) is 2.89. The minimum absolute atomic E-state index is 0.0232. The maximum Gasteiger partial charge on any atom is 0.121 e. The summed E-state index contributed by atoms with van der Waals surface area (Å²) in [5.74, 6) is 0.0232. The average molecular weight is 477 g/mol. The molecule has 3 aromatic rings. The van der Waals surface area contributed by atoms with E-state index in [1.165, 1.54) is 11.6 Å². The lowest BCUT2D eigenvalue weighted by Gasteiger charge is -2.14. The Morgan fingerprint density at radius 1 is 0.886 bits per heavy atom. The number of phenols is 1. The van der Waals surface area contributed by atoms with Crippen molar-refractivity contribution in [2.45, 2.75) is 32.3 Å². The molecule has 35 heavy (non-hydrogen) atoms. The lowest BCUT2D eigenvalue weighted by atomic mass is 10.0. The van der Waals surface area contributed by atoms with Crippen molar-refractivity contribution < 1.29 is 24.8 Å². The number of nitriles is 1. The van der Waals surface area contributed by atoms with Gasteiger partial charge in [-0.1, -0.05) is 42.5 Å². The van der Waals surface area contributed by atoms with Gasteiger partial charge in [-0.3, -0.25) is 0 Å². The van der Waals surface area contributed by atoms with Gasteiger partial charge in [0.15, 0.2) is 0 Å². The van der Waals surface area contributed by atoms with E-state index in [0.29, 0.717) is 56.2 Å². The molecule has 0 amide bonds. The number of rotatable bonds is 14. The van der Waals surface area contributed by atoms with E-state index in [1.54, 1.807) is 18.2 Å². The molecule has 0 aromatic heterocycles. The van der Waals surface area contributed by atoms with Gasteiger partial charge in [-0.25, -0.2) is 0 Å². The van der Waals surface area contributed by atoms with Gasteiger partial charge in [0, 0.05) is 12.1 Å². The largest absolute Gasteiger partial charge is 0.508 e. The van der Waals surface area contributed by atoms with Gasteiger partial charge in [-0.15, -0.1) is 0 Å². The molecule has 4 N–H and O–H groups in total. The molecular formula is C28H32N2O5. The molecule has 7 nitrogen and oxygen atoms in total. The van der Waals surface area contributed by atoms with Crippen LogP contribution in [0.1, 0.15) is 39.5 Å². The molecule has 0 fully saturated rings. The molecule has 0 radical (unpaired) electrons. The highest BCUT2D eigenvalue weighted by atomic mass is 16.5. The molecule has 3 aromatic carbocycles. The molecule has 1 atom stereocenters. The van der Waals surface area contributed by atoms with E-state index in [-0.39, 0.29) is 12.4 Å². The normalized spacial score (nSPS) is 11.8. The van der Waals surface area contributed by atoms with Crippen molar-refractivity contribution >= 4 is 0 Å². The summed E-state index contributed by atoms with van der Waals surface area (Å²) in [4.78, 5) is 0. The van der Waals surface area contributed by atoms with E-state index in [4.69, 9.17) is 14.7 Å². The third kappa shape index (κ3) is 8.80. The monoisotopic (exact) mass is 476 g/mol. The molecule has 0 aliphatic carbocycles. The number of benzene rings is 3. The molecular weight excluding hydrogens is 444 g/mol. The molecule has 0 spiro atoms. The fourth-order valence-electron chi connectivity index (χ4n) is 3.63. The Labute approximate surface area is 206 Å². The second-order valence-electron chi connectivity index (χ2n) is 8.25. The summed E-state index contributed by atoms with van der Waals surface area (Å²) >= 11 is 0. The Morgan fingerprint density at radius 2 is 1.57 bits per heavy atom. The number of aliphatic hydroxyl groups excluding tert-OH is 2. The molecule has 0 aliphatic heterocycles. The van der Waals surface area contributed by atoms with Crippen molar-refractivity contribution in [1.29, 1.82) is 5.26 Å². The first-order chi connectivity index (χ1) is 17.1. The number of nitrogens with zero attached hydrogens (tertiary/aromatic N) is 1. The topological polar surface area (TPSA) is 115 Å². The van der Waals surface area contributed by atoms with Gasteiger partial charge in [0.05, 0.1) is 50.8 Å². The van der Waals surface area contributed by atoms with E-state index in [1.807, 2.05) is 30.3 Å². The smallest absolute Gasteiger partial charge is 0.121 e. The minimum Gasteiger partial charge on any atom is -0.508 e. The Balaban J connectivity index is 1.32. The highest BCUT2D eigenvalue weighted by Crippen LogP contribution is 2.22. The van der Waals surface area contributed by atoms with Crippen LogP contribution in [0.25, 0.3) is 0 Å². The van der Waals surface area contributed by atoms with Gasteiger partial charge in [-0.2, -0.15) is 5.26 Å². The van der Waals surface area contributed by atoms with Crippen molar-refractivity contribution in [2.24, 2.45) is 0 Å². The van der Waals surface area contributed by atoms with E-state index in [0.717, 1.165) is 17.5 Å². The molecule has 0 saturated carbocycles. The highest BCUT2D eigenvalue weighted by molar-refractivity contribution is 5.36. The van der Waals surface area contributed by atoms with Crippen LogP contribution in [0.15, 0.2) is 66.7 Å². The molecule has 0 bridgehead atoms. The molecule has 7 heteroatoms. The molecule has 0 saturated heterocycles. The molecule has 0 aliphatic rings. The number of hydrogen-bond acceptors (Lipinski definition) is 7. The van der Waals surface area contributed by atoms with Crippen LogP contribution in [0, 0.1) is 11.3 Å². The quantitative estimate of drug-likeness (QED) is 0.264. The minimum atomic E-state index is -0.724. The lowest BCUT2D eigenvalue weighted by Crippen LogP contribution is -2.23. The van der Waals surface area contributed by atoms with E-state index in [2.05, 4.69) is 23.5 Å². The second-order valence-corrected chi connectivity index (χ2v) is 8.25. The predicted octanol–water partition coefficient (Wildman–Crippen LogP) is 3.36. The predicted molar refractivity (Wildman–Crippen MR) is 132 cm³/mol. The zero-order valence-corrected chi connectivity index (χ0v) is 19.7. The van der Waals surface area contributed by atoms with Crippen molar-refractivity contribution in [3.8, 4) is 11.8 Å². The third-order valence-corrected chi connectivity index (χ3v) is 5.54. The Morgan fingerprint density at radius 3 is 2.29 bits per heavy atom. The van der Waals surface area contributed by atoms with Crippen molar-refractivity contribution in [2.75, 3.05) is 26.3 Å². The van der Waals surface area contributed by atoms with Crippen molar-refractivity contribution in [1.82, 2.24) is 5.32 Å². The van der Waals surface area contributed by atoms with Gasteiger partial charge in [0.25, 0.3) is 0 Å². The Bertz CT molecular complexity index is 1110. The van der Waals surface area contributed by atoms with E-state index in [9.17, 15) is 15.3 Å². The number of nitrogens with one attached hydrogen (secondary N) is 1. The first kappa shape index (κ1) is 26.4. The van der Waals surface area contributed by atoms with Crippen LogP contribution >= 0.6 is 0 Å². The molecule has 0 unspecified atom stereocenters. The zero-order chi connectivity index (χ0) is 24.9. The first-order valence-corrected chi connectivity index (χ1v) is 11.6. The van der Waals surface area contributed by atoms with Gasteiger partial charge in [-0.05, 0) is 59.5 Å². The standard InChI is InChI=1S/C28H32N2O5/c29-16-22-4-2-6-24(14-22)20-35-12-11-34-19-23-5-1-3-21(13-23)9-10-30-17-28(33)25-7-8-27(32)26(15-25)18-31/h1-8,13-15,28,30-33H,9-12,17-20H2/t28-/m1/s1. The van der Waals surface area contributed by atoms with E-state index >= 15 is 0 Å². The maximum absolute atomic E-state index is 10.4. The Hall–Kier alpha value is -3.25. The summed E-state index contributed by atoms with van der Waals surface area (Å²) in [6, 6.07) is 22.5. The highest BCUT2D eigenvalue weighted by Gasteiger charge is 2.10. The van der Waals surface area contributed by atoms with Crippen LogP contribution in [0.3, 0.4) is 0 Å². The summed E-state index contributed by atoms with van der Waals surface area (Å²) < 4.78 is 11.4. The molecule has 0 heterocycles. The summed E-state index contributed by atoms with van der Waals surface area (Å²) in [7, 11) is 0. The van der Waals surface area contributed by atoms with Crippen LogP contribution in [0.4, 0.5) is 0 Å². The van der Waals surface area contributed by atoms with Crippen LogP contribution in [0.2, 0.25) is 0 Å². The zero-order valence-electron chi connectivity index (χ0n) is 19.7. The summed E-state index contributed by atoms with van der Waals surface area (Å²) in [6.07, 6.45) is 0.0845. The van der Waals surface area contributed by atoms with Crippen molar-refractivity contribution in [3.63, 3.8) is 0 Å². The van der Waals surface area contributed by atoms with Gasteiger partial charge in [0.1, 0.15) is 5.75 Å². The molecule has 184 valence electrons. The third-order valence-electron chi connectivity index (χ3n) is 5.54. The SMILES string of the molecule is N#Cc1cccc(COCCOCc2cccc(CCNC[C@@H](O)c3ccc(O)c(CO)c3)c2)c1. The second kappa shape index (κ2) is 14.2. The van der Waals surface area contributed by atoms with E-state index < -0.39 is 6.10 Å². The van der Waals surface area contributed by atoms with Gasteiger partial charge >= 0.3 is 0 Å². The van der Waals surface area contributed by atoms with Crippen LogP contribution in [-0.4, -0.2) is 41.6 Å². The number of aromatic hydroxyl groups is 1. The maximum atomic E-state index is 10.4. The fraction of sp³-hybridized carbons (Fsp3) is 0.321. The van der Waals surface area contributed by atoms with Crippen molar-refractivity contribution in [3.05, 3.63) is 100 Å². The summed E-state index contributed by atoms with van der Waals surface area (Å²) in [5.41, 5.74) is 4.91. The number of ether oxygens (including phenoxy) is 2. The Kier molecular flexibility index (Phi) is 10.7. The van der Waals surface area contributed by atoms with Gasteiger partial charge < -0.3 is 30.1 Å². The number of aliphatic hydroxyl groups is 2. The summed E-state index contributed by atoms with van der Waals surface area (Å²) in [6.45, 7) is 2.71. The van der Waals surface area contributed by atoms with Crippen LogP contribution in [0.5, 0.6) is 5.75 Å². The fourth-order valence-corrected chi connectivity index (χ4v) is 3.63. The molecule has 3 rings (SSSR count).